The molecule has 8 heteroatoms. The zero-order chi connectivity index (χ0) is 15.3. The van der Waals surface area contributed by atoms with E-state index in [-0.39, 0.29) is 11.6 Å². The quantitative estimate of drug-likeness (QED) is 0.926. The van der Waals surface area contributed by atoms with Gasteiger partial charge in [-0.3, -0.25) is 0 Å². The molecule has 1 aliphatic heterocycles. The van der Waals surface area contributed by atoms with Crippen LogP contribution in [0.15, 0.2) is 18.5 Å². The number of hydrogen-bond donors (Lipinski definition) is 1. The molecule has 2 aromatic rings. The molecule has 0 radical (unpaired) electrons. The minimum absolute atomic E-state index is 0.0513. The maximum atomic E-state index is 12.8. The predicted octanol–water partition coefficient (Wildman–Crippen LogP) is 2.73. The summed E-state index contributed by atoms with van der Waals surface area (Å²) in [5.74, 6) is 0.375. The maximum absolute atomic E-state index is 12.8. The number of hydrogen-bond acceptors (Lipinski definition) is 4. The minimum Gasteiger partial charge on any atom is -0.376 e. The first-order chi connectivity index (χ1) is 9.79. The molecule has 3 heterocycles. The number of halogens is 3. The molecule has 1 aliphatic rings. The van der Waals surface area contributed by atoms with E-state index >= 15 is 0 Å². The van der Waals surface area contributed by atoms with E-state index in [0.29, 0.717) is 17.9 Å². The lowest BCUT2D eigenvalue weighted by Crippen LogP contribution is -2.41. The Morgan fingerprint density at radius 1 is 1.48 bits per heavy atom. The van der Waals surface area contributed by atoms with Crippen molar-refractivity contribution < 1.29 is 17.9 Å². The Balaban J connectivity index is 2.01. The molecule has 3 rings (SSSR count). The van der Waals surface area contributed by atoms with Crippen molar-refractivity contribution in [1.82, 2.24) is 14.6 Å². The van der Waals surface area contributed by atoms with E-state index in [1.54, 1.807) is 0 Å². The molecule has 0 saturated carbocycles. The third-order valence-corrected chi connectivity index (χ3v) is 3.97. The fraction of sp³-hybridized carbons (Fsp3) is 0.538. The second kappa shape index (κ2) is 4.59. The summed E-state index contributed by atoms with van der Waals surface area (Å²) in [6.07, 6.45) is -0.947. The highest BCUT2D eigenvalue weighted by Crippen LogP contribution is 2.33. The fourth-order valence-corrected chi connectivity index (χ4v) is 2.43. The van der Waals surface area contributed by atoms with Crippen molar-refractivity contribution in [3.05, 3.63) is 24.2 Å². The number of nitrogens with zero attached hydrogens (tertiary/aromatic N) is 3. The van der Waals surface area contributed by atoms with Crippen LogP contribution in [-0.4, -0.2) is 32.8 Å². The van der Waals surface area contributed by atoms with Crippen LogP contribution in [0.5, 0.6) is 0 Å². The number of ether oxygens (including phenoxy) is 1. The van der Waals surface area contributed by atoms with E-state index in [1.165, 1.54) is 16.9 Å². The molecule has 1 saturated heterocycles. The normalized spacial score (nSPS) is 26.4. The van der Waals surface area contributed by atoms with Crippen molar-refractivity contribution in [2.24, 2.45) is 0 Å². The van der Waals surface area contributed by atoms with Gasteiger partial charge in [-0.1, -0.05) is 0 Å². The van der Waals surface area contributed by atoms with E-state index < -0.39 is 11.9 Å². The standard InChI is InChI=1S/C13H15F3N4O/c1-8-12(2,3-6-21-8)18-11-9-7-10(13(14,15)16)19-20(9)5-4-17-11/h4-5,7-8H,3,6H2,1-2H3,(H,17,18). The average Bonchev–Trinajstić information content (AvgIpc) is 2.95. The molecule has 0 bridgehead atoms. The fourth-order valence-electron chi connectivity index (χ4n) is 2.43. The summed E-state index contributed by atoms with van der Waals surface area (Å²) in [5, 5.41) is 6.75. The van der Waals surface area contributed by atoms with Gasteiger partial charge in [0.2, 0.25) is 0 Å². The molecule has 1 fully saturated rings. The molecule has 2 aromatic heterocycles. The lowest BCUT2D eigenvalue weighted by atomic mass is 9.95. The van der Waals surface area contributed by atoms with Crippen molar-refractivity contribution in [2.75, 3.05) is 11.9 Å². The van der Waals surface area contributed by atoms with Crippen LogP contribution in [0.3, 0.4) is 0 Å². The lowest BCUT2D eigenvalue weighted by molar-refractivity contribution is -0.141. The molecule has 21 heavy (non-hydrogen) atoms. The SMILES string of the molecule is CC1OCCC1(C)Nc1nccn2nc(C(F)(F)F)cc12. The zero-order valence-electron chi connectivity index (χ0n) is 11.6. The Hall–Kier alpha value is -1.83. The van der Waals surface area contributed by atoms with Crippen LogP contribution in [0.4, 0.5) is 19.0 Å². The minimum atomic E-state index is -4.48. The van der Waals surface area contributed by atoms with E-state index in [0.717, 1.165) is 12.5 Å². The number of anilines is 1. The number of rotatable bonds is 2. The Kier molecular flexibility index (Phi) is 3.09. The molecular formula is C13H15F3N4O. The van der Waals surface area contributed by atoms with Crippen molar-refractivity contribution in [1.29, 1.82) is 0 Å². The Bertz CT molecular complexity index is 669. The van der Waals surface area contributed by atoms with E-state index in [9.17, 15) is 13.2 Å². The summed E-state index contributed by atoms with van der Waals surface area (Å²) in [4.78, 5) is 4.15. The van der Waals surface area contributed by atoms with Gasteiger partial charge in [-0.25, -0.2) is 9.50 Å². The zero-order valence-corrected chi connectivity index (χ0v) is 11.6. The molecule has 0 spiro atoms. The summed E-state index contributed by atoms with van der Waals surface area (Å²) >= 11 is 0. The number of fused-ring (bicyclic) bond motifs is 1. The molecule has 114 valence electrons. The van der Waals surface area contributed by atoms with Crippen LogP contribution in [-0.2, 0) is 10.9 Å². The van der Waals surface area contributed by atoms with E-state index in [1.807, 2.05) is 13.8 Å². The van der Waals surface area contributed by atoms with Crippen LogP contribution in [0.2, 0.25) is 0 Å². The summed E-state index contributed by atoms with van der Waals surface area (Å²) in [5.41, 5.74) is -0.998. The van der Waals surface area contributed by atoms with Gasteiger partial charge >= 0.3 is 6.18 Å². The first kappa shape index (κ1) is 14.1. The maximum Gasteiger partial charge on any atom is 0.435 e. The van der Waals surface area contributed by atoms with Gasteiger partial charge in [-0.15, -0.1) is 0 Å². The highest BCUT2D eigenvalue weighted by Gasteiger charge is 2.38. The van der Waals surface area contributed by atoms with Gasteiger partial charge in [0.1, 0.15) is 5.52 Å². The molecular weight excluding hydrogens is 285 g/mol. The first-order valence-electron chi connectivity index (χ1n) is 6.61. The number of alkyl halides is 3. The Labute approximate surface area is 119 Å². The summed E-state index contributed by atoms with van der Waals surface area (Å²) in [6, 6.07) is 0.999. The van der Waals surface area contributed by atoms with Crippen molar-refractivity contribution in [3.8, 4) is 0 Å². The van der Waals surface area contributed by atoms with Crippen LogP contribution in [0, 0.1) is 0 Å². The second-order valence-corrected chi connectivity index (χ2v) is 5.44. The highest BCUT2D eigenvalue weighted by atomic mass is 19.4. The molecule has 5 nitrogen and oxygen atoms in total. The van der Waals surface area contributed by atoms with Crippen molar-refractivity contribution >= 4 is 11.3 Å². The van der Waals surface area contributed by atoms with Gasteiger partial charge in [0.05, 0.1) is 11.6 Å². The van der Waals surface area contributed by atoms with Crippen molar-refractivity contribution in [2.45, 2.75) is 38.1 Å². The smallest absolute Gasteiger partial charge is 0.376 e. The summed E-state index contributed by atoms with van der Waals surface area (Å²) in [6.45, 7) is 4.51. The van der Waals surface area contributed by atoms with Gasteiger partial charge < -0.3 is 10.1 Å². The number of nitrogens with one attached hydrogen (secondary N) is 1. The van der Waals surface area contributed by atoms with E-state index in [2.05, 4.69) is 15.4 Å². The van der Waals surface area contributed by atoms with Gasteiger partial charge in [0.15, 0.2) is 11.5 Å². The lowest BCUT2D eigenvalue weighted by Gasteiger charge is -2.29. The third kappa shape index (κ3) is 2.44. The van der Waals surface area contributed by atoms with E-state index in [4.69, 9.17) is 4.74 Å². The molecule has 2 atom stereocenters. The van der Waals surface area contributed by atoms with Crippen LogP contribution < -0.4 is 5.32 Å². The largest absolute Gasteiger partial charge is 0.435 e. The molecule has 0 aliphatic carbocycles. The summed E-state index contributed by atoms with van der Waals surface area (Å²) in [7, 11) is 0. The average molecular weight is 300 g/mol. The highest BCUT2D eigenvalue weighted by molar-refractivity contribution is 5.69. The van der Waals surface area contributed by atoms with Gasteiger partial charge in [0.25, 0.3) is 0 Å². The van der Waals surface area contributed by atoms with Gasteiger partial charge in [-0.2, -0.15) is 18.3 Å². The van der Waals surface area contributed by atoms with Crippen LogP contribution >= 0.6 is 0 Å². The Morgan fingerprint density at radius 3 is 2.86 bits per heavy atom. The molecule has 1 N–H and O–H groups in total. The van der Waals surface area contributed by atoms with Crippen LogP contribution in [0.25, 0.3) is 5.52 Å². The molecule has 0 amide bonds. The van der Waals surface area contributed by atoms with Crippen molar-refractivity contribution in [3.63, 3.8) is 0 Å². The topological polar surface area (TPSA) is 51.5 Å². The summed E-state index contributed by atoms with van der Waals surface area (Å²) < 4.78 is 45.0. The Morgan fingerprint density at radius 2 is 2.24 bits per heavy atom. The third-order valence-electron chi connectivity index (χ3n) is 3.97. The monoisotopic (exact) mass is 300 g/mol. The van der Waals surface area contributed by atoms with Crippen LogP contribution in [0.1, 0.15) is 26.0 Å². The molecule has 2 unspecified atom stereocenters. The van der Waals surface area contributed by atoms with Gasteiger partial charge in [-0.05, 0) is 20.3 Å². The number of aromatic nitrogens is 3. The molecule has 0 aromatic carbocycles. The van der Waals surface area contributed by atoms with Gasteiger partial charge in [0, 0.05) is 25.1 Å². The second-order valence-electron chi connectivity index (χ2n) is 5.44. The first-order valence-corrected chi connectivity index (χ1v) is 6.61. The predicted molar refractivity (Wildman–Crippen MR) is 70.0 cm³/mol.